The molecule has 19 heavy (non-hydrogen) atoms. The molecule has 0 atom stereocenters. The van der Waals surface area contributed by atoms with Gasteiger partial charge in [-0.25, -0.2) is 0 Å². The predicted molar refractivity (Wildman–Crippen MR) is 77.7 cm³/mol. The fourth-order valence-electron chi connectivity index (χ4n) is 1.71. The molecular formula is C12H20N4O2S. The number of nitrogens with one attached hydrogen (secondary N) is 1. The van der Waals surface area contributed by atoms with Crippen molar-refractivity contribution in [1.29, 1.82) is 5.41 Å². The van der Waals surface area contributed by atoms with E-state index in [1.807, 2.05) is 0 Å². The van der Waals surface area contributed by atoms with Crippen molar-refractivity contribution in [1.82, 2.24) is 4.31 Å². The van der Waals surface area contributed by atoms with Gasteiger partial charge < -0.3 is 5.73 Å². The van der Waals surface area contributed by atoms with Crippen molar-refractivity contribution in [2.45, 2.75) is 13.8 Å². The molecule has 1 aromatic rings. The summed E-state index contributed by atoms with van der Waals surface area (Å²) in [6.07, 6.45) is 0. The fraction of sp³-hybridized carbons (Fsp3) is 0.417. The van der Waals surface area contributed by atoms with Crippen LogP contribution in [0.2, 0.25) is 0 Å². The second-order valence-corrected chi connectivity index (χ2v) is 5.98. The molecule has 1 aromatic carbocycles. The summed E-state index contributed by atoms with van der Waals surface area (Å²) in [5.74, 6) is -0.0409. The molecule has 0 heterocycles. The van der Waals surface area contributed by atoms with Crippen molar-refractivity contribution in [3.8, 4) is 0 Å². The highest BCUT2D eigenvalue weighted by Crippen LogP contribution is 2.19. The quantitative estimate of drug-likeness (QED) is 0.603. The third-order valence-electron chi connectivity index (χ3n) is 2.92. The van der Waals surface area contributed by atoms with Gasteiger partial charge in [0, 0.05) is 25.7 Å². The zero-order valence-electron chi connectivity index (χ0n) is 11.4. The first kappa shape index (κ1) is 15.5. The average Bonchev–Trinajstić information content (AvgIpc) is 2.39. The van der Waals surface area contributed by atoms with E-state index in [-0.39, 0.29) is 5.84 Å². The largest absolute Gasteiger partial charge is 0.384 e. The van der Waals surface area contributed by atoms with Gasteiger partial charge in [0.15, 0.2) is 0 Å². The topological polar surface area (TPSA) is 90.5 Å². The number of nitrogens with two attached hydrogens (primary N) is 1. The predicted octanol–water partition coefficient (Wildman–Crippen LogP) is 0.993. The maximum Gasteiger partial charge on any atom is 0.303 e. The molecule has 7 heteroatoms. The van der Waals surface area contributed by atoms with Gasteiger partial charge in [0.05, 0.1) is 5.69 Å². The smallest absolute Gasteiger partial charge is 0.303 e. The molecule has 3 N–H and O–H groups in total. The van der Waals surface area contributed by atoms with E-state index in [0.29, 0.717) is 24.3 Å². The van der Waals surface area contributed by atoms with Crippen LogP contribution in [0.5, 0.6) is 0 Å². The van der Waals surface area contributed by atoms with Gasteiger partial charge in [0.2, 0.25) is 0 Å². The molecule has 0 saturated carbocycles. The maximum absolute atomic E-state index is 12.3. The van der Waals surface area contributed by atoms with Crippen LogP contribution in [0.1, 0.15) is 19.4 Å². The molecule has 106 valence electrons. The number of nitrogen functional groups attached to an aromatic ring is 1. The summed E-state index contributed by atoms with van der Waals surface area (Å²) < 4.78 is 27.2. The van der Waals surface area contributed by atoms with Gasteiger partial charge in [0.25, 0.3) is 0 Å². The van der Waals surface area contributed by atoms with E-state index < -0.39 is 10.2 Å². The Morgan fingerprint density at radius 3 is 2.05 bits per heavy atom. The summed E-state index contributed by atoms with van der Waals surface area (Å²) in [6, 6.07) is 6.54. The Labute approximate surface area is 114 Å². The third-order valence-corrected chi connectivity index (χ3v) is 4.99. The highest BCUT2D eigenvalue weighted by atomic mass is 32.2. The van der Waals surface area contributed by atoms with Gasteiger partial charge in [-0.15, -0.1) is 0 Å². The second-order valence-electron chi connectivity index (χ2n) is 4.02. The molecule has 0 unspecified atom stereocenters. The van der Waals surface area contributed by atoms with Crippen LogP contribution in [0.25, 0.3) is 0 Å². The third kappa shape index (κ3) is 3.24. The van der Waals surface area contributed by atoms with Crippen LogP contribution in [0.4, 0.5) is 5.69 Å². The lowest BCUT2D eigenvalue weighted by atomic mass is 10.2. The Balaban J connectivity index is 3.06. The van der Waals surface area contributed by atoms with Crippen LogP contribution in [-0.4, -0.2) is 38.7 Å². The number of anilines is 1. The summed E-state index contributed by atoms with van der Waals surface area (Å²) in [4.78, 5) is 0. The van der Waals surface area contributed by atoms with E-state index in [4.69, 9.17) is 11.1 Å². The van der Waals surface area contributed by atoms with E-state index in [1.54, 1.807) is 38.1 Å². The molecule has 0 radical (unpaired) electrons. The molecule has 0 spiro atoms. The first-order valence-corrected chi connectivity index (χ1v) is 7.42. The lowest BCUT2D eigenvalue weighted by Gasteiger charge is -2.27. The van der Waals surface area contributed by atoms with Crippen LogP contribution in [0.15, 0.2) is 24.3 Å². The normalized spacial score (nSPS) is 11.6. The van der Waals surface area contributed by atoms with Crippen molar-refractivity contribution < 1.29 is 8.42 Å². The Bertz CT molecular complexity index is 535. The number of hydrogen-bond acceptors (Lipinski definition) is 3. The van der Waals surface area contributed by atoms with Crippen molar-refractivity contribution in [2.24, 2.45) is 5.73 Å². The summed E-state index contributed by atoms with van der Waals surface area (Å²) in [7, 11) is -2.00. The SMILES string of the molecule is CCN(CC)S(=O)(=O)N(C)c1ccc(C(=N)N)cc1. The molecule has 6 nitrogen and oxygen atoms in total. The van der Waals surface area contributed by atoms with Crippen molar-refractivity contribution in [2.75, 3.05) is 24.4 Å². The van der Waals surface area contributed by atoms with Crippen LogP contribution in [0, 0.1) is 5.41 Å². The van der Waals surface area contributed by atoms with Gasteiger partial charge in [-0.2, -0.15) is 12.7 Å². The van der Waals surface area contributed by atoms with Gasteiger partial charge in [-0.1, -0.05) is 13.8 Å². The molecule has 0 fully saturated rings. The molecule has 0 aliphatic heterocycles. The monoisotopic (exact) mass is 284 g/mol. The first-order chi connectivity index (χ1) is 8.84. The van der Waals surface area contributed by atoms with E-state index in [1.165, 1.54) is 15.7 Å². The van der Waals surface area contributed by atoms with E-state index in [0.717, 1.165) is 0 Å². The highest BCUT2D eigenvalue weighted by molar-refractivity contribution is 7.90. The number of benzene rings is 1. The Hall–Kier alpha value is -1.60. The van der Waals surface area contributed by atoms with Crippen molar-refractivity contribution in [3.05, 3.63) is 29.8 Å². The fourth-order valence-corrected chi connectivity index (χ4v) is 3.09. The number of hydrogen-bond donors (Lipinski definition) is 2. The second kappa shape index (κ2) is 6.03. The van der Waals surface area contributed by atoms with E-state index in [9.17, 15) is 8.42 Å². The Kier molecular flexibility index (Phi) is 4.90. The zero-order valence-corrected chi connectivity index (χ0v) is 12.2. The van der Waals surface area contributed by atoms with Gasteiger partial charge in [-0.3, -0.25) is 9.71 Å². The lowest BCUT2D eigenvalue weighted by molar-refractivity contribution is 0.444. The Morgan fingerprint density at radius 1 is 1.21 bits per heavy atom. The van der Waals surface area contributed by atoms with Crippen LogP contribution >= 0.6 is 0 Å². The van der Waals surface area contributed by atoms with Crippen molar-refractivity contribution >= 4 is 21.7 Å². The van der Waals surface area contributed by atoms with Crippen LogP contribution in [0.3, 0.4) is 0 Å². The first-order valence-electron chi connectivity index (χ1n) is 6.03. The lowest BCUT2D eigenvalue weighted by Crippen LogP contribution is -2.41. The molecule has 0 saturated heterocycles. The van der Waals surface area contributed by atoms with Crippen LogP contribution in [-0.2, 0) is 10.2 Å². The molecule has 0 aliphatic rings. The molecule has 0 aromatic heterocycles. The number of nitrogens with zero attached hydrogens (tertiary/aromatic N) is 2. The zero-order chi connectivity index (χ0) is 14.6. The molecule has 0 amide bonds. The summed E-state index contributed by atoms with van der Waals surface area (Å²) in [5.41, 5.74) is 6.47. The van der Waals surface area contributed by atoms with Gasteiger partial charge in [0.1, 0.15) is 5.84 Å². The molecular weight excluding hydrogens is 264 g/mol. The summed E-state index contributed by atoms with van der Waals surface area (Å²) in [6.45, 7) is 4.45. The van der Waals surface area contributed by atoms with E-state index in [2.05, 4.69) is 0 Å². The highest BCUT2D eigenvalue weighted by Gasteiger charge is 2.24. The molecule has 0 bridgehead atoms. The minimum atomic E-state index is -3.51. The standard InChI is InChI=1S/C12H20N4O2S/c1-4-16(5-2)19(17,18)15(3)11-8-6-10(7-9-11)12(13)14/h6-9H,4-5H2,1-3H3,(H3,13,14). The van der Waals surface area contributed by atoms with Crippen LogP contribution < -0.4 is 10.0 Å². The minimum Gasteiger partial charge on any atom is -0.384 e. The number of amidine groups is 1. The molecule has 1 rings (SSSR count). The minimum absolute atomic E-state index is 0.0409. The van der Waals surface area contributed by atoms with Crippen molar-refractivity contribution in [3.63, 3.8) is 0 Å². The Morgan fingerprint density at radius 2 is 1.68 bits per heavy atom. The maximum atomic E-state index is 12.3. The summed E-state index contributed by atoms with van der Waals surface area (Å²) in [5, 5.41) is 7.30. The number of rotatable bonds is 6. The average molecular weight is 284 g/mol. The van der Waals surface area contributed by atoms with Gasteiger partial charge in [-0.05, 0) is 24.3 Å². The van der Waals surface area contributed by atoms with Gasteiger partial charge >= 0.3 is 10.2 Å². The summed E-state index contributed by atoms with van der Waals surface area (Å²) >= 11 is 0. The molecule has 0 aliphatic carbocycles. The van der Waals surface area contributed by atoms with E-state index >= 15 is 0 Å².